The van der Waals surface area contributed by atoms with Crippen LogP contribution in [0.1, 0.15) is 18.9 Å². The summed E-state index contributed by atoms with van der Waals surface area (Å²) in [6, 6.07) is 11.2. The molecule has 0 aliphatic carbocycles. The molecule has 1 atom stereocenters. The Kier molecular flexibility index (Phi) is 5.76. The van der Waals surface area contributed by atoms with Gasteiger partial charge in [-0.05, 0) is 37.1 Å². The first kappa shape index (κ1) is 17.7. The van der Waals surface area contributed by atoms with Gasteiger partial charge in [-0.3, -0.25) is 14.9 Å². The summed E-state index contributed by atoms with van der Waals surface area (Å²) in [4.78, 5) is 22.7. The van der Waals surface area contributed by atoms with E-state index in [1.165, 1.54) is 18.2 Å². The highest BCUT2D eigenvalue weighted by molar-refractivity contribution is 6.33. The highest BCUT2D eigenvalue weighted by atomic mass is 35.5. The third-order valence-electron chi connectivity index (χ3n) is 3.35. The van der Waals surface area contributed by atoms with Crippen molar-refractivity contribution in [2.45, 2.75) is 26.4 Å². The number of carbonyl (C=O) groups is 1. The molecule has 7 heteroatoms. The van der Waals surface area contributed by atoms with Gasteiger partial charge in [-0.25, -0.2) is 0 Å². The van der Waals surface area contributed by atoms with E-state index in [2.05, 4.69) is 5.32 Å². The molecule has 24 heavy (non-hydrogen) atoms. The lowest BCUT2D eigenvalue weighted by Crippen LogP contribution is -2.32. The van der Waals surface area contributed by atoms with Crippen molar-refractivity contribution >= 4 is 28.9 Å². The quantitative estimate of drug-likeness (QED) is 0.621. The van der Waals surface area contributed by atoms with E-state index in [4.69, 9.17) is 16.3 Å². The number of nitrogens with zero attached hydrogens (tertiary/aromatic N) is 1. The number of halogens is 1. The number of hydrogen-bond acceptors (Lipinski definition) is 4. The van der Waals surface area contributed by atoms with Gasteiger partial charge in [-0.15, -0.1) is 0 Å². The second-order valence-electron chi connectivity index (χ2n) is 5.24. The molecule has 0 saturated carbocycles. The standard InChI is InChI=1S/C17H17ClN2O4/c1-3-16(24-13-6-4-5-11(2)9-13)17(21)19-15-10-12(20(22)23)7-8-14(15)18/h4-10,16H,3H2,1-2H3,(H,19,21)/t16-/m0/s1. The first-order valence-electron chi connectivity index (χ1n) is 7.39. The maximum absolute atomic E-state index is 12.4. The van der Waals surface area contributed by atoms with Crippen molar-refractivity contribution in [1.29, 1.82) is 0 Å². The van der Waals surface area contributed by atoms with Gasteiger partial charge in [0.15, 0.2) is 6.10 Å². The van der Waals surface area contributed by atoms with Crippen molar-refractivity contribution in [3.05, 3.63) is 63.2 Å². The zero-order chi connectivity index (χ0) is 17.7. The minimum atomic E-state index is -0.734. The van der Waals surface area contributed by atoms with Crippen molar-refractivity contribution in [1.82, 2.24) is 0 Å². The molecule has 0 radical (unpaired) electrons. The molecule has 0 heterocycles. The Morgan fingerprint density at radius 2 is 2.08 bits per heavy atom. The molecule has 0 bridgehead atoms. The number of hydrogen-bond donors (Lipinski definition) is 1. The Morgan fingerprint density at radius 1 is 1.33 bits per heavy atom. The Balaban J connectivity index is 2.15. The number of benzene rings is 2. The van der Waals surface area contributed by atoms with Crippen LogP contribution in [0.4, 0.5) is 11.4 Å². The number of nitro groups is 1. The molecule has 126 valence electrons. The fraction of sp³-hybridized carbons (Fsp3) is 0.235. The van der Waals surface area contributed by atoms with Crippen LogP contribution < -0.4 is 10.1 Å². The van der Waals surface area contributed by atoms with Gasteiger partial charge in [-0.1, -0.05) is 30.7 Å². The summed E-state index contributed by atoms with van der Waals surface area (Å²) >= 11 is 6.00. The molecule has 0 fully saturated rings. The van der Waals surface area contributed by atoms with Gasteiger partial charge >= 0.3 is 0 Å². The second kappa shape index (κ2) is 7.79. The first-order chi connectivity index (χ1) is 11.4. The van der Waals surface area contributed by atoms with Crippen molar-refractivity contribution in [2.75, 3.05) is 5.32 Å². The molecule has 0 spiro atoms. The fourth-order valence-corrected chi connectivity index (χ4v) is 2.28. The average molecular weight is 349 g/mol. The predicted molar refractivity (Wildman–Crippen MR) is 92.6 cm³/mol. The van der Waals surface area contributed by atoms with Crippen LogP contribution >= 0.6 is 11.6 Å². The molecule has 0 saturated heterocycles. The summed E-state index contributed by atoms with van der Waals surface area (Å²) in [5.41, 5.74) is 1.05. The lowest BCUT2D eigenvalue weighted by molar-refractivity contribution is -0.384. The second-order valence-corrected chi connectivity index (χ2v) is 5.65. The van der Waals surface area contributed by atoms with Crippen LogP contribution in [0.5, 0.6) is 5.75 Å². The molecule has 0 aliphatic rings. The third kappa shape index (κ3) is 4.45. The number of rotatable bonds is 6. The number of ether oxygens (including phenoxy) is 1. The van der Waals surface area contributed by atoms with Gasteiger partial charge in [0, 0.05) is 12.1 Å². The number of nitro benzene ring substituents is 1. The molecule has 0 aliphatic heterocycles. The Labute approximate surface area is 144 Å². The van der Waals surface area contributed by atoms with Crippen molar-refractivity contribution < 1.29 is 14.5 Å². The zero-order valence-electron chi connectivity index (χ0n) is 13.3. The highest BCUT2D eigenvalue weighted by Gasteiger charge is 2.20. The number of amides is 1. The van der Waals surface area contributed by atoms with E-state index in [1.54, 1.807) is 6.07 Å². The number of nitrogens with one attached hydrogen (secondary N) is 1. The van der Waals surface area contributed by atoms with Gasteiger partial charge in [0.05, 0.1) is 15.6 Å². The smallest absolute Gasteiger partial charge is 0.271 e. The summed E-state index contributed by atoms with van der Waals surface area (Å²) in [6.07, 6.45) is -0.297. The highest BCUT2D eigenvalue weighted by Crippen LogP contribution is 2.27. The van der Waals surface area contributed by atoms with Crippen LogP contribution in [-0.2, 0) is 4.79 Å². The third-order valence-corrected chi connectivity index (χ3v) is 3.68. The summed E-state index contributed by atoms with van der Waals surface area (Å²) in [5, 5.41) is 13.7. The van der Waals surface area contributed by atoms with Crippen molar-refractivity contribution in [3.63, 3.8) is 0 Å². The van der Waals surface area contributed by atoms with Gasteiger partial charge in [0.1, 0.15) is 5.75 Å². The molecule has 2 rings (SSSR count). The first-order valence-corrected chi connectivity index (χ1v) is 7.76. The molecule has 0 unspecified atom stereocenters. The molecular formula is C17H17ClN2O4. The molecular weight excluding hydrogens is 332 g/mol. The Morgan fingerprint density at radius 3 is 2.71 bits per heavy atom. The van der Waals surface area contributed by atoms with E-state index >= 15 is 0 Å². The van der Waals surface area contributed by atoms with Crippen molar-refractivity contribution in [3.8, 4) is 5.75 Å². The number of aryl methyl sites for hydroxylation is 1. The van der Waals surface area contributed by atoms with Crippen molar-refractivity contribution in [2.24, 2.45) is 0 Å². The fourth-order valence-electron chi connectivity index (χ4n) is 2.11. The van der Waals surface area contributed by atoms with Gasteiger partial charge in [0.25, 0.3) is 11.6 Å². The molecule has 1 N–H and O–H groups in total. The Hall–Kier alpha value is -2.60. The monoisotopic (exact) mass is 348 g/mol. The maximum atomic E-state index is 12.4. The Bertz CT molecular complexity index is 764. The topological polar surface area (TPSA) is 81.5 Å². The minimum Gasteiger partial charge on any atom is -0.481 e. The van der Waals surface area contributed by atoms with Gasteiger partial charge in [0.2, 0.25) is 0 Å². The number of non-ortho nitro benzene ring substituents is 1. The van der Waals surface area contributed by atoms with Crippen LogP contribution in [0.3, 0.4) is 0 Å². The summed E-state index contributed by atoms with van der Waals surface area (Å²) < 4.78 is 5.71. The van der Waals surface area contributed by atoms with Gasteiger partial charge in [-0.2, -0.15) is 0 Å². The van der Waals surface area contributed by atoms with Crippen LogP contribution in [0.2, 0.25) is 5.02 Å². The SMILES string of the molecule is CC[C@H](Oc1cccc(C)c1)C(=O)Nc1cc([N+](=O)[O-])ccc1Cl. The molecule has 2 aromatic rings. The molecule has 1 amide bonds. The van der Waals surface area contributed by atoms with E-state index in [9.17, 15) is 14.9 Å². The van der Waals surface area contributed by atoms with E-state index in [0.717, 1.165) is 5.56 Å². The summed E-state index contributed by atoms with van der Waals surface area (Å²) in [6.45, 7) is 3.74. The van der Waals surface area contributed by atoms with E-state index in [-0.39, 0.29) is 16.4 Å². The normalized spacial score (nSPS) is 11.6. The van der Waals surface area contributed by atoms with E-state index < -0.39 is 16.9 Å². The van der Waals surface area contributed by atoms with Crippen LogP contribution in [0, 0.1) is 17.0 Å². The predicted octanol–water partition coefficient (Wildman–Crippen LogP) is 4.35. The van der Waals surface area contributed by atoms with E-state index in [1.807, 2.05) is 32.0 Å². The zero-order valence-corrected chi connectivity index (χ0v) is 14.0. The largest absolute Gasteiger partial charge is 0.481 e. The number of anilines is 1. The molecule has 6 nitrogen and oxygen atoms in total. The summed E-state index contributed by atoms with van der Waals surface area (Å²) in [5.74, 6) is 0.170. The van der Waals surface area contributed by atoms with Crippen LogP contribution in [-0.4, -0.2) is 16.9 Å². The van der Waals surface area contributed by atoms with Gasteiger partial charge < -0.3 is 10.1 Å². The minimum absolute atomic E-state index is 0.151. The molecule has 2 aromatic carbocycles. The average Bonchev–Trinajstić information content (AvgIpc) is 2.54. The van der Waals surface area contributed by atoms with E-state index in [0.29, 0.717) is 12.2 Å². The maximum Gasteiger partial charge on any atom is 0.271 e. The lowest BCUT2D eigenvalue weighted by Gasteiger charge is -2.18. The lowest BCUT2D eigenvalue weighted by atomic mass is 10.2. The summed E-state index contributed by atoms with van der Waals surface area (Å²) in [7, 11) is 0. The van der Waals surface area contributed by atoms with Crippen LogP contribution in [0.25, 0.3) is 0 Å². The molecule has 0 aromatic heterocycles. The van der Waals surface area contributed by atoms with Crippen LogP contribution in [0.15, 0.2) is 42.5 Å². The number of carbonyl (C=O) groups excluding carboxylic acids is 1.